The van der Waals surface area contributed by atoms with Crippen LogP contribution >= 0.6 is 0 Å². The monoisotopic (exact) mass is 236 g/mol. The van der Waals surface area contributed by atoms with Gasteiger partial charge in [-0.25, -0.2) is 0 Å². The van der Waals surface area contributed by atoms with Crippen LogP contribution in [0.15, 0.2) is 0 Å². The van der Waals surface area contributed by atoms with Gasteiger partial charge in [-0.15, -0.1) is 0 Å². The Morgan fingerprint density at radius 2 is 1.75 bits per heavy atom. The van der Waals surface area contributed by atoms with Crippen molar-refractivity contribution >= 4 is 5.97 Å². The van der Waals surface area contributed by atoms with Gasteiger partial charge < -0.3 is 25.2 Å². The molecule has 6 nitrogen and oxygen atoms in total. The molecule has 16 heavy (non-hydrogen) atoms. The van der Waals surface area contributed by atoms with Crippen molar-refractivity contribution in [3.05, 3.63) is 0 Å². The molecule has 0 radical (unpaired) electrons. The zero-order chi connectivity index (χ0) is 12.6. The molecule has 0 aliphatic heterocycles. The van der Waals surface area contributed by atoms with E-state index in [9.17, 15) is 9.90 Å². The molecule has 0 aliphatic carbocycles. The van der Waals surface area contributed by atoms with Gasteiger partial charge in [-0.05, 0) is 12.8 Å². The van der Waals surface area contributed by atoms with Crippen LogP contribution in [0.3, 0.4) is 0 Å². The molecule has 0 bridgehead atoms. The van der Waals surface area contributed by atoms with E-state index in [4.69, 9.17) is 15.3 Å². The van der Waals surface area contributed by atoms with Crippen molar-refractivity contribution in [2.24, 2.45) is 5.41 Å². The minimum atomic E-state index is -0.989. The second-order valence-corrected chi connectivity index (χ2v) is 3.97. The maximum atomic E-state index is 10.5. The van der Waals surface area contributed by atoms with Crippen molar-refractivity contribution in [1.82, 2.24) is 0 Å². The molecule has 0 aromatic carbocycles. The zero-order valence-corrected chi connectivity index (χ0v) is 9.43. The fourth-order valence-electron chi connectivity index (χ4n) is 1.16. The molecule has 0 aromatic heterocycles. The van der Waals surface area contributed by atoms with E-state index in [1.54, 1.807) is 0 Å². The number of hydrogen-bond acceptors (Lipinski definition) is 6. The molecule has 6 heteroatoms. The van der Waals surface area contributed by atoms with Crippen LogP contribution in [0.25, 0.3) is 0 Å². The Hall–Kier alpha value is -0.690. The van der Waals surface area contributed by atoms with Crippen molar-refractivity contribution in [2.75, 3.05) is 26.4 Å². The third-order valence-electron chi connectivity index (χ3n) is 2.49. The lowest BCUT2D eigenvalue weighted by Gasteiger charge is -2.28. The molecule has 0 aliphatic rings. The highest BCUT2D eigenvalue weighted by atomic mass is 16.5. The van der Waals surface area contributed by atoms with E-state index in [0.717, 1.165) is 0 Å². The molecular formula is C10H20O6. The average molecular weight is 236 g/mol. The minimum absolute atomic E-state index is 0.117. The topological polar surface area (TPSA) is 107 Å². The average Bonchev–Trinajstić information content (AvgIpc) is 2.29. The van der Waals surface area contributed by atoms with Gasteiger partial charge in [-0.2, -0.15) is 0 Å². The molecule has 96 valence electrons. The number of carbonyl (C=O) groups excluding carboxylic acids is 1. The highest BCUT2D eigenvalue weighted by Crippen LogP contribution is 2.22. The number of carbonyl (C=O) groups is 1. The van der Waals surface area contributed by atoms with Crippen molar-refractivity contribution in [3.63, 3.8) is 0 Å². The summed E-state index contributed by atoms with van der Waals surface area (Å²) in [5, 5.41) is 36.5. The fourth-order valence-corrected chi connectivity index (χ4v) is 1.16. The summed E-state index contributed by atoms with van der Waals surface area (Å²) in [6, 6.07) is 0. The van der Waals surface area contributed by atoms with Crippen LogP contribution in [-0.4, -0.2) is 58.9 Å². The first-order valence-corrected chi connectivity index (χ1v) is 5.13. The Kier molecular flexibility index (Phi) is 7.24. The molecule has 0 spiro atoms. The van der Waals surface area contributed by atoms with Gasteiger partial charge in [-0.1, -0.05) is 0 Å². The highest BCUT2D eigenvalue weighted by Gasteiger charge is 2.28. The molecule has 0 fully saturated rings. The SMILES string of the molecule is CC(=O)OCC(O)CCC(CO)(CO)CO. The fraction of sp³-hybridized carbons (Fsp3) is 0.900. The lowest BCUT2D eigenvalue weighted by molar-refractivity contribution is -0.144. The summed E-state index contributed by atoms with van der Waals surface area (Å²) in [6.07, 6.45) is -0.374. The molecule has 0 saturated carbocycles. The van der Waals surface area contributed by atoms with Gasteiger partial charge in [0.1, 0.15) is 6.61 Å². The third-order valence-corrected chi connectivity index (χ3v) is 2.49. The Labute approximate surface area is 94.5 Å². The van der Waals surface area contributed by atoms with Crippen molar-refractivity contribution in [3.8, 4) is 0 Å². The third kappa shape index (κ3) is 5.41. The summed E-state index contributed by atoms with van der Waals surface area (Å²) in [5.74, 6) is -0.475. The first kappa shape index (κ1) is 15.3. The normalized spacial score (nSPS) is 13.6. The Morgan fingerprint density at radius 1 is 1.25 bits per heavy atom. The maximum absolute atomic E-state index is 10.5. The van der Waals surface area contributed by atoms with Gasteiger partial charge in [-0.3, -0.25) is 4.79 Å². The second-order valence-electron chi connectivity index (χ2n) is 3.97. The Bertz CT molecular complexity index is 193. The summed E-state index contributed by atoms with van der Waals surface area (Å²) in [7, 11) is 0. The van der Waals surface area contributed by atoms with Gasteiger partial charge in [0.25, 0.3) is 0 Å². The van der Waals surface area contributed by atoms with Crippen LogP contribution in [0.4, 0.5) is 0 Å². The van der Waals surface area contributed by atoms with E-state index in [2.05, 4.69) is 4.74 Å². The molecule has 0 amide bonds. The number of rotatable bonds is 8. The summed E-state index contributed by atoms with van der Waals surface area (Å²) in [4.78, 5) is 10.5. The first-order chi connectivity index (χ1) is 7.49. The van der Waals surface area contributed by atoms with Crippen LogP contribution < -0.4 is 0 Å². The molecule has 0 aromatic rings. The van der Waals surface area contributed by atoms with Crippen LogP contribution in [0.5, 0.6) is 0 Å². The predicted molar refractivity (Wildman–Crippen MR) is 55.6 cm³/mol. The number of esters is 1. The van der Waals surface area contributed by atoms with Crippen molar-refractivity contribution < 1.29 is 30.0 Å². The predicted octanol–water partition coefficient (Wildman–Crippen LogP) is -1.35. The molecule has 0 rings (SSSR count). The smallest absolute Gasteiger partial charge is 0.302 e. The summed E-state index contributed by atoms with van der Waals surface area (Å²) in [6.45, 7) is 0.0424. The van der Waals surface area contributed by atoms with E-state index < -0.39 is 17.5 Å². The minimum Gasteiger partial charge on any atom is -0.463 e. The van der Waals surface area contributed by atoms with E-state index >= 15 is 0 Å². The quantitative estimate of drug-likeness (QED) is 0.388. The van der Waals surface area contributed by atoms with Crippen molar-refractivity contribution in [1.29, 1.82) is 0 Å². The number of aliphatic hydroxyl groups excluding tert-OH is 4. The molecule has 1 atom stereocenters. The summed E-state index contributed by atoms with van der Waals surface area (Å²) in [5.41, 5.74) is -0.989. The Balaban J connectivity index is 3.96. The van der Waals surface area contributed by atoms with Gasteiger partial charge in [0, 0.05) is 12.3 Å². The van der Waals surface area contributed by atoms with Crippen LogP contribution in [0, 0.1) is 5.41 Å². The van der Waals surface area contributed by atoms with Crippen LogP contribution in [-0.2, 0) is 9.53 Å². The first-order valence-electron chi connectivity index (χ1n) is 5.13. The lowest BCUT2D eigenvalue weighted by Crippen LogP contribution is -2.35. The lowest BCUT2D eigenvalue weighted by atomic mass is 9.85. The highest BCUT2D eigenvalue weighted by molar-refractivity contribution is 5.65. The van der Waals surface area contributed by atoms with E-state index in [0.29, 0.717) is 0 Å². The molecular weight excluding hydrogens is 216 g/mol. The van der Waals surface area contributed by atoms with E-state index in [1.165, 1.54) is 6.92 Å². The van der Waals surface area contributed by atoms with Crippen LogP contribution in [0.1, 0.15) is 19.8 Å². The standard InChI is InChI=1S/C10H20O6/c1-8(14)16-4-9(15)2-3-10(5-11,6-12)7-13/h9,11-13,15H,2-7H2,1H3. The largest absolute Gasteiger partial charge is 0.463 e. The Morgan fingerprint density at radius 3 is 2.12 bits per heavy atom. The van der Waals surface area contributed by atoms with Gasteiger partial charge in [0.2, 0.25) is 0 Å². The van der Waals surface area contributed by atoms with Gasteiger partial charge in [0.15, 0.2) is 0 Å². The molecule has 1 unspecified atom stereocenters. The van der Waals surface area contributed by atoms with Gasteiger partial charge >= 0.3 is 5.97 Å². The van der Waals surface area contributed by atoms with E-state index in [-0.39, 0.29) is 39.3 Å². The second kappa shape index (κ2) is 7.56. The zero-order valence-electron chi connectivity index (χ0n) is 9.43. The van der Waals surface area contributed by atoms with Crippen molar-refractivity contribution in [2.45, 2.75) is 25.9 Å². The van der Waals surface area contributed by atoms with Crippen LogP contribution in [0.2, 0.25) is 0 Å². The number of ether oxygens (including phenoxy) is 1. The molecule has 4 N–H and O–H groups in total. The summed E-state index contributed by atoms with van der Waals surface area (Å²) >= 11 is 0. The maximum Gasteiger partial charge on any atom is 0.302 e. The van der Waals surface area contributed by atoms with E-state index in [1.807, 2.05) is 0 Å². The number of aliphatic hydroxyl groups is 4. The number of hydrogen-bond donors (Lipinski definition) is 4. The molecule has 0 heterocycles. The summed E-state index contributed by atoms with van der Waals surface area (Å²) < 4.78 is 4.59. The van der Waals surface area contributed by atoms with Gasteiger partial charge in [0.05, 0.1) is 25.9 Å². The molecule has 0 saturated heterocycles.